The van der Waals surface area contributed by atoms with E-state index in [4.69, 9.17) is 9.40 Å². The molecule has 0 aromatic carbocycles. The van der Waals surface area contributed by atoms with Gasteiger partial charge in [-0.3, -0.25) is 4.79 Å². The Morgan fingerprint density at radius 2 is 2.15 bits per heavy atom. The molecule has 0 amide bonds. The number of fused-ring (bicyclic) bond motifs is 3. The Balaban J connectivity index is 1.45. The van der Waals surface area contributed by atoms with E-state index in [1.54, 1.807) is 11.3 Å². The van der Waals surface area contributed by atoms with Crippen LogP contribution in [0, 0.1) is 5.92 Å². The van der Waals surface area contributed by atoms with Gasteiger partial charge in [-0.25, -0.2) is 4.98 Å². The van der Waals surface area contributed by atoms with Gasteiger partial charge < -0.3 is 9.40 Å². The van der Waals surface area contributed by atoms with Crippen molar-refractivity contribution in [2.24, 2.45) is 5.92 Å². The number of nitrogens with zero attached hydrogens (tertiary/aromatic N) is 3. The van der Waals surface area contributed by atoms with E-state index in [0.717, 1.165) is 48.2 Å². The second kappa shape index (κ2) is 6.20. The van der Waals surface area contributed by atoms with E-state index in [9.17, 15) is 4.79 Å². The number of H-pyrrole nitrogens is 1. The number of thioether (sulfide) groups is 1. The standard InChI is InChI=1S/C18H20N4O2S2/c1-8-3-6-11-12(7-8)26-17-13(11)15(23)19-14(20-17)9(2)25-18-22-21-16(24-18)10-4-5-10/h8-10H,3-7H2,1-2H3,(H,19,20,23)/t8-,9-/m1/s1. The highest BCUT2D eigenvalue weighted by Gasteiger charge is 2.30. The Morgan fingerprint density at radius 1 is 1.31 bits per heavy atom. The van der Waals surface area contributed by atoms with E-state index >= 15 is 0 Å². The van der Waals surface area contributed by atoms with E-state index in [-0.39, 0.29) is 10.8 Å². The van der Waals surface area contributed by atoms with Crippen molar-refractivity contribution in [1.82, 2.24) is 20.2 Å². The summed E-state index contributed by atoms with van der Waals surface area (Å²) >= 11 is 3.13. The molecule has 2 aliphatic carbocycles. The molecule has 1 N–H and O–H groups in total. The van der Waals surface area contributed by atoms with Gasteiger partial charge in [0.2, 0.25) is 5.89 Å². The first-order valence-electron chi connectivity index (χ1n) is 9.13. The molecule has 0 spiro atoms. The van der Waals surface area contributed by atoms with Crippen molar-refractivity contribution in [3.8, 4) is 0 Å². The topological polar surface area (TPSA) is 84.7 Å². The molecule has 2 atom stereocenters. The summed E-state index contributed by atoms with van der Waals surface area (Å²) in [6.07, 6.45) is 5.45. The largest absolute Gasteiger partial charge is 0.416 e. The van der Waals surface area contributed by atoms with Gasteiger partial charge in [0.25, 0.3) is 10.8 Å². The fraction of sp³-hybridized carbons (Fsp3) is 0.556. The molecule has 3 aromatic rings. The first-order valence-corrected chi connectivity index (χ1v) is 10.8. The van der Waals surface area contributed by atoms with Gasteiger partial charge in [0.15, 0.2) is 0 Å². The van der Waals surface area contributed by atoms with E-state index < -0.39 is 0 Å². The number of hydrogen-bond donors (Lipinski definition) is 1. The van der Waals surface area contributed by atoms with E-state index in [2.05, 4.69) is 22.1 Å². The molecular formula is C18H20N4O2S2. The summed E-state index contributed by atoms with van der Waals surface area (Å²) in [5, 5.41) is 9.52. The Kier molecular flexibility index (Phi) is 3.93. The lowest BCUT2D eigenvalue weighted by Crippen LogP contribution is -2.15. The van der Waals surface area contributed by atoms with Crippen LogP contribution in [-0.4, -0.2) is 20.2 Å². The van der Waals surface area contributed by atoms with Crippen LogP contribution in [0.2, 0.25) is 0 Å². The molecule has 26 heavy (non-hydrogen) atoms. The lowest BCUT2D eigenvalue weighted by atomic mass is 9.89. The molecule has 0 aliphatic heterocycles. The van der Waals surface area contributed by atoms with Crippen molar-refractivity contribution in [3.05, 3.63) is 32.5 Å². The molecule has 0 unspecified atom stereocenters. The van der Waals surface area contributed by atoms with Gasteiger partial charge in [0, 0.05) is 10.8 Å². The molecular weight excluding hydrogens is 368 g/mol. The predicted octanol–water partition coefficient (Wildman–Crippen LogP) is 4.22. The quantitative estimate of drug-likeness (QED) is 0.674. The highest BCUT2D eigenvalue weighted by molar-refractivity contribution is 7.99. The van der Waals surface area contributed by atoms with E-state index in [0.29, 0.717) is 22.9 Å². The highest BCUT2D eigenvalue weighted by Crippen LogP contribution is 2.41. The number of aryl methyl sites for hydroxylation is 1. The van der Waals surface area contributed by atoms with Gasteiger partial charge >= 0.3 is 0 Å². The first kappa shape index (κ1) is 16.5. The van der Waals surface area contributed by atoms with Crippen molar-refractivity contribution >= 4 is 33.3 Å². The zero-order chi connectivity index (χ0) is 17.8. The summed E-state index contributed by atoms with van der Waals surface area (Å²) in [5.41, 5.74) is 1.20. The molecule has 136 valence electrons. The monoisotopic (exact) mass is 388 g/mol. The SMILES string of the molecule is C[C@@H]1CCc2c(sc3nc([C@@H](C)Sc4nnc(C5CC5)o4)[nH]c(=O)c23)C1. The fourth-order valence-corrected chi connectivity index (χ4v) is 5.67. The van der Waals surface area contributed by atoms with Gasteiger partial charge in [-0.15, -0.1) is 21.5 Å². The average Bonchev–Trinajstić information content (AvgIpc) is 3.24. The minimum absolute atomic E-state index is 0.0197. The maximum Gasteiger partial charge on any atom is 0.277 e. The normalized spacial score (nSPS) is 21.1. The third-order valence-electron chi connectivity index (χ3n) is 5.20. The molecule has 1 saturated carbocycles. The molecule has 6 nitrogen and oxygen atoms in total. The second-order valence-electron chi connectivity index (χ2n) is 7.42. The molecule has 0 saturated heterocycles. The molecule has 8 heteroatoms. The van der Waals surface area contributed by atoms with Crippen LogP contribution >= 0.6 is 23.1 Å². The van der Waals surface area contributed by atoms with Gasteiger partial charge in [-0.1, -0.05) is 18.7 Å². The van der Waals surface area contributed by atoms with Crippen molar-refractivity contribution in [2.45, 2.75) is 62.3 Å². The molecule has 3 aromatic heterocycles. The maximum absolute atomic E-state index is 12.7. The van der Waals surface area contributed by atoms with Crippen LogP contribution in [-0.2, 0) is 12.8 Å². The highest BCUT2D eigenvalue weighted by atomic mass is 32.2. The Bertz CT molecular complexity index is 1030. The van der Waals surface area contributed by atoms with Crippen molar-refractivity contribution in [2.75, 3.05) is 0 Å². The Labute approximate surface area is 158 Å². The van der Waals surface area contributed by atoms with Crippen LogP contribution in [0.3, 0.4) is 0 Å². The van der Waals surface area contributed by atoms with Crippen LogP contribution in [0.1, 0.15) is 66.4 Å². The summed E-state index contributed by atoms with van der Waals surface area (Å²) in [6.45, 7) is 4.28. The third-order valence-corrected chi connectivity index (χ3v) is 7.29. The van der Waals surface area contributed by atoms with Crippen LogP contribution in [0.5, 0.6) is 0 Å². The molecule has 3 heterocycles. The Hall–Kier alpha value is -1.67. The Morgan fingerprint density at radius 3 is 2.96 bits per heavy atom. The molecule has 1 fully saturated rings. The summed E-state index contributed by atoms with van der Waals surface area (Å²) in [4.78, 5) is 22.7. The summed E-state index contributed by atoms with van der Waals surface area (Å²) in [7, 11) is 0. The zero-order valence-electron chi connectivity index (χ0n) is 14.7. The molecule has 2 aliphatic rings. The van der Waals surface area contributed by atoms with Crippen LogP contribution in [0.15, 0.2) is 14.4 Å². The number of hydrogen-bond acceptors (Lipinski definition) is 7. The van der Waals surface area contributed by atoms with Crippen molar-refractivity contribution in [3.63, 3.8) is 0 Å². The number of aromatic amines is 1. The zero-order valence-corrected chi connectivity index (χ0v) is 16.4. The van der Waals surface area contributed by atoms with Crippen LogP contribution in [0.25, 0.3) is 10.2 Å². The van der Waals surface area contributed by atoms with E-state index in [1.807, 2.05) is 6.92 Å². The summed E-state index contributed by atoms with van der Waals surface area (Å²) in [6, 6.07) is 0. The third kappa shape index (κ3) is 2.89. The number of rotatable bonds is 4. The molecule has 0 bridgehead atoms. The van der Waals surface area contributed by atoms with Gasteiger partial charge in [-0.05, 0) is 50.5 Å². The number of thiophene rings is 1. The lowest BCUT2D eigenvalue weighted by Gasteiger charge is -2.17. The first-order chi connectivity index (χ1) is 12.6. The smallest absolute Gasteiger partial charge is 0.277 e. The number of aromatic nitrogens is 4. The lowest BCUT2D eigenvalue weighted by molar-refractivity contribution is 0.413. The summed E-state index contributed by atoms with van der Waals surface area (Å²) in [5.74, 6) is 2.53. The molecule has 0 radical (unpaired) electrons. The predicted molar refractivity (Wildman–Crippen MR) is 102 cm³/mol. The summed E-state index contributed by atoms with van der Waals surface area (Å²) < 4.78 is 5.72. The van der Waals surface area contributed by atoms with Crippen LogP contribution in [0.4, 0.5) is 0 Å². The van der Waals surface area contributed by atoms with Gasteiger partial charge in [0.05, 0.1) is 10.6 Å². The fourth-order valence-electron chi connectivity index (χ4n) is 3.53. The van der Waals surface area contributed by atoms with Crippen molar-refractivity contribution in [1.29, 1.82) is 0 Å². The molecule has 5 rings (SSSR count). The van der Waals surface area contributed by atoms with Gasteiger partial charge in [-0.2, -0.15) is 0 Å². The number of nitrogens with one attached hydrogen (secondary N) is 1. The maximum atomic E-state index is 12.7. The minimum atomic E-state index is -0.0577. The van der Waals surface area contributed by atoms with Gasteiger partial charge in [0.1, 0.15) is 10.7 Å². The van der Waals surface area contributed by atoms with Crippen LogP contribution < -0.4 is 5.56 Å². The minimum Gasteiger partial charge on any atom is -0.416 e. The van der Waals surface area contributed by atoms with E-state index in [1.165, 1.54) is 22.2 Å². The average molecular weight is 389 g/mol. The van der Waals surface area contributed by atoms with Crippen molar-refractivity contribution < 1.29 is 4.42 Å². The second-order valence-corrected chi connectivity index (χ2v) is 9.80.